The summed E-state index contributed by atoms with van der Waals surface area (Å²) in [4.78, 5) is 69.3. The molecule has 43 heavy (non-hydrogen) atoms. The van der Waals surface area contributed by atoms with E-state index in [0.717, 1.165) is 36.4 Å². The molecule has 0 aromatic heterocycles. The normalized spacial score (nSPS) is 19.5. The van der Waals surface area contributed by atoms with E-state index < -0.39 is 57.3 Å². The first-order valence-corrected chi connectivity index (χ1v) is 12.4. The molecule has 1 fully saturated rings. The summed E-state index contributed by atoms with van der Waals surface area (Å²) in [5, 5.41) is 32.8. The molecule has 1 aliphatic rings. The van der Waals surface area contributed by atoms with Crippen molar-refractivity contribution in [1.82, 2.24) is 0 Å². The number of benzene rings is 3. The Hall–Kier alpha value is -5.77. The van der Waals surface area contributed by atoms with Crippen molar-refractivity contribution in [1.29, 1.82) is 0 Å². The Bertz CT molecular complexity index is 1560. The third kappa shape index (κ3) is 7.31. The number of ether oxygens (including phenoxy) is 4. The third-order valence-corrected chi connectivity index (χ3v) is 6.30. The van der Waals surface area contributed by atoms with Gasteiger partial charge in [0.05, 0.1) is 44.0 Å². The molecule has 0 amide bonds. The number of carbonyl (C=O) groups is 3. The van der Waals surface area contributed by atoms with Gasteiger partial charge in [0, 0.05) is 36.4 Å². The van der Waals surface area contributed by atoms with Crippen LogP contribution in [-0.2, 0) is 18.9 Å². The maximum Gasteiger partial charge on any atom is 0.340 e. The zero-order chi connectivity index (χ0) is 31.3. The summed E-state index contributed by atoms with van der Waals surface area (Å²) in [5.41, 5.74) is -0.861. The molecule has 0 aliphatic carbocycles. The van der Waals surface area contributed by atoms with Crippen LogP contribution in [0.5, 0.6) is 0 Å². The lowest BCUT2D eigenvalue weighted by atomic mass is 10.0. The summed E-state index contributed by atoms with van der Waals surface area (Å²) in [6, 6.07) is 13.7. The highest BCUT2D eigenvalue weighted by molar-refractivity contribution is 5.91. The minimum atomic E-state index is -1.30. The second kappa shape index (κ2) is 12.8. The van der Waals surface area contributed by atoms with Crippen molar-refractivity contribution >= 4 is 35.0 Å². The number of nitro groups is 3. The third-order valence-electron chi connectivity index (χ3n) is 6.30. The molecule has 4 rings (SSSR count). The van der Waals surface area contributed by atoms with Crippen molar-refractivity contribution < 1.29 is 48.1 Å². The lowest BCUT2D eigenvalue weighted by Crippen LogP contribution is -2.51. The van der Waals surface area contributed by atoms with Crippen molar-refractivity contribution in [2.24, 2.45) is 0 Å². The summed E-state index contributed by atoms with van der Waals surface area (Å²) >= 11 is 0. The van der Waals surface area contributed by atoms with Crippen molar-refractivity contribution in [2.45, 2.75) is 37.9 Å². The van der Waals surface area contributed by atoms with Gasteiger partial charge < -0.3 is 18.9 Å². The van der Waals surface area contributed by atoms with Gasteiger partial charge >= 0.3 is 17.9 Å². The average molecular weight is 595 g/mol. The van der Waals surface area contributed by atoms with Crippen LogP contribution in [0.2, 0.25) is 0 Å². The molecule has 222 valence electrons. The molecule has 0 N–H and O–H groups in total. The summed E-state index contributed by atoms with van der Waals surface area (Å²) in [7, 11) is 0. The number of non-ortho nitro benzene ring substituents is 3. The lowest BCUT2D eigenvalue weighted by Gasteiger charge is -2.38. The van der Waals surface area contributed by atoms with Crippen LogP contribution in [0.3, 0.4) is 0 Å². The predicted molar refractivity (Wildman–Crippen MR) is 142 cm³/mol. The fourth-order valence-corrected chi connectivity index (χ4v) is 4.10. The molecular formula is C27H21N3O13. The molecule has 1 saturated heterocycles. The van der Waals surface area contributed by atoms with Gasteiger partial charge in [-0.15, -0.1) is 0 Å². The smallest absolute Gasteiger partial charge is 0.340 e. The molecule has 0 radical (unpaired) electrons. The van der Waals surface area contributed by atoms with Gasteiger partial charge in [-0.2, -0.15) is 0 Å². The highest BCUT2D eigenvalue weighted by Crippen LogP contribution is 2.29. The Morgan fingerprint density at radius 2 is 0.977 bits per heavy atom. The highest BCUT2D eigenvalue weighted by Gasteiger charge is 2.43. The molecular weight excluding hydrogens is 574 g/mol. The second-order valence-electron chi connectivity index (χ2n) is 9.14. The average Bonchev–Trinajstić information content (AvgIpc) is 2.98. The van der Waals surface area contributed by atoms with E-state index in [0.29, 0.717) is 0 Å². The van der Waals surface area contributed by atoms with Crippen LogP contribution in [0.15, 0.2) is 72.8 Å². The van der Waals surface area contributed by atoms with Crippen molar-refractivity contribution in [2.75, 3.05) is 0 Å². The maximum atomic E-state index is 12.9. The molecule has 4 atom stereocenters. The van der Waals surface area contributed by atoms with Gasteiger partial charge in [0.1, 0.15) is 6.10 Å². The molecule has 1 aliphatic heterocycles. The second-order valence-corrected chi connectivity index (χ2v) is 9.14. The lowest BCUT2D eigenvalue weighted by molar-refractivity contribution is -0.385. The van der Waals surface area contributed by atoms with Gasteiger partial charge in [0.25, 0.3) is 17.1 Å². The van der Waals surface area contributed by atoms with Crippen LogP contribution in [0.25, 0.3) is 0 Å². The van der Waals surface area contributed by atoms with Crippen LogP contribution in [0, 0.1) is 30.3 Å². The zero-order valence-electron chi connectivity index (χ0n) is 22.1. The summed E-state index contributed by atoms with van der Waals surface area (Å²) in [6.45, 7) is 1.46. The first-order chi connectivity index (χ1) is 20.4. The highest BCUT2D eigenvalue weighted by atomic mass is 16.7. The summed E-state index contributed by atoms with van der Waals surface area (Å²) in [5.74, 6) is -2.73. The molecule has 0 unspecified atom stereocenters. The van der Waals surface area contributed by atoms with E-state index in [1.54, 1.807) is 0 Å². The first-order valence-electron chi connectivity index (χ1n) is 12.4. The summed E-state index contributed by atoms with van der Waals surface area (Å²) in [6.07, 6.45) is -5.11. The Kier molecular flexibility index (Phi) is 9.00. The number of hydrogen-bond donors (Lipinski definition) is 0. The Balaban J connectivity index is 1.53. The number of nitrogens with zero attached hydrogens (tertiary/aromatic N) is 3. The number of esters is 3. The number of carbonyl (C=O) groups excluding carboxylic acids is 3. The number of hydrogen-bond acceptors (Lipinski definition) is 13. The van der Waals surface area contributed by atoms with E-state index in [2.05, 4.69) is 0 Å². The fraction of sp³-hybridized carbons (Fsp3) is 0.222. The van der Waals surface area contributed by atoms with Crippen LogP contribution < -0.4 is 0 Å². The fourth-order valence-electron chi connectivity index (χ4n) is 4.10. The van der Waals surface area contributed by atoms with Crippen molar-refractivity contribution in [3.8, 4) is 0 Å². The minimum absolute atomic E-state index is 0.0204. The molecule has 3 aromatic rings. The van der Waals surface area contributed by atoms with E-state index in [-0.39, 0.29) is 40.2 Å². The van der Waals surface area contributed by atoms with Gasteiger partial charge in [-0.25, -0.2) is 14.4 Å². The largest absolute Gasteiger partial charge is 0.454 e. The van der Waals surface area contributed by atoms with Gasteiger partial charge in [0.15, 0.2) is 6.10 Å². The van der Waals surface area contributed by atoms with Gasteiger partial charge in [-0.05, 0) is 43.3 Å². The van der Waals surface area contributed by atoms with Crippen LogP contribution in [0.4, 0.5) is 17.1 Å². The van der Waals surface area contributed by atoms with Gasteiger partial charge in [0.2, 0.25) is 6.29 Å². The molecule has 16 heteroatoms. The first kappa shape index (κ1) is 30.2. The van der Waals surface area contributed by atoms with E-state index in [1.807, 2.05) is 0 Å². The number of rotatable bonds is 9. The molecule has 0 bridgehead atoms. The van der Waals surface area contributed by atoms with Crippen molar-refractivity contribution in [3.63, 3.8) is 0 Å². The van der Waals surface area contributed by atoms with Crippen LogP contribution in [0.1, 0.15) is 44.4 Å². The van der Waals surface area contributed by atoms with Crippen LogP contribution >= 0.6 is 0 Å². The predicted octanol–water partition coefficient (Wildman–Crippen LogP) is 4.15. The Morgan fingerprint density at radius 1 is 0.628 bits per heavy atom. The quantitative estimate of drug-likeness (QED) is 0.147. The van der Waals surface area contributed by atoms with E-state index >= 15 is 0 Å². The SMILES string of the molecule is C[C@H]1O[C@@H](OC(=O)c2ccc([N+](=O)[O-])cc2)C[C@@H](OC(=O)c2ccc([N+](=O)[O-])cc2)[C@@H]1OC(=O)c1ccc([N+](=O)[O-])cc1. The molecule has 3 aromatic carbocycles. The molecule has 0 saturated carbocycles. The van der Waals surface area contributed by atoms with Crippen molar-refractivity contribution in [3.05, 3.63) is 120 Å². The van der Waals surface area contributed by atoms with E-state index in [1.165, 1.54) is 43.3 Å². The van der Waals surface area contributed by atoms with Crippen LogP contribution in [-0.4, -0.2) is 57.3 Å². The Labute approximate surface area is 241 Å². The molecule has 1 heterocycles. The monoisotopic (exact) mass is 595 g/mol. The standard InChI is InChI=1S/C27H21N3O13/c1-15-24(43-27(33)18-6-12-21(13-7-18)30(38)39)22(41-25(31)16-2-8-19(9-3-16)28(34)35)14-23(40-15)42-26(32)17-4-10-20(11-5-17)29(36)37/h2-13,15,22-24H,14H2,1H3/t15-,22-,23+,24-/m1/s1. The molecule has 0 spiro atoms. The summed E-state index contributed by atoms with van der Waals surface area (Å²) < 4.78 is 22.2. The minimum Gasteiger partial charge on any atom is -0.454 e. The van der Waals surface area contributed by atoms with E-state index in [9.17, 15) is 44.7 Å². The Morgan fingerprint density at radius 3 is 1.35 bits per heavy atom. The van der Waals surface area contributed by atoms with Gasteiger partial charge in [-0.3, -0.25) is 30.3 Å². The molecule has 16 nitrogen and oxygen atoms in total. The maximum absolute atomic E-state index is 12.9. The van der Waals surface area contributed by atoms with Gasteiger partial charge in [-0.1, -0.05) is 0 Å². The van der Waals surface area contributed by atoms with E-state index in [4.69, 9.17) is 18.9 Å². The number of nitro benzene ring substituents is 3. The zero-order valence-corrected chi connectivity index (χ0v) is 22.1. The topological polar surface area (TPSA) is 218 Å².